The Morgan fingerprint density at radius 1 is 1.23 bits per heavy atom. The molecule has 0 atom stereocenters. The topological polar surface area (TPSA) is 0 Å². The van der Waals surface area contributed by atoms with Gasteiger partial charge in [0.05, 0.1) is 0 Å². The second kappa shape index (κ2) is 3.40. The fourth-order valence-corrected chi connectivity index (χ4v) is 1.16. The molecule has 0 aliphatic carbocycles. The van der Waals surface area contributed by atoms with Crippen LogP contribution in [0, 0.1) is 12.7 Å². The highest BCUT2D eigenvalue weighted by Crippen LogP contribution is 2.21. The van der Waals surface area contributed by atoms with E-state index in [0.29, 0.717) is 5.56 Å². The fraction of sp³-hybridized carbons (Fsp3) is 0.250. The minimum atomic E-state index is -4.96. The predicted octanol–water partition coefficient (Wildman–Crippen LogP) is 3.06. The van der Waals surface area contributed by atoms with Gasteiger partial charge in [0, 0.05) is 0 Å². The minimum absolute atomic E-state index is 0.241. The molecule has 0 saturated heterocycles. The van der Waals surface area contributed by atoms with Crippen molar-refractivity contribution in [3.8, 4) is 0 Å². The number of hydrogen-bond donors (Lipinski definition) is 0. The van der Waals surface area contributed by atoms with E-state index in [2.05, 4.69) is 0 Å². The quantitative estimate of drug-likeness (QED) is 0.497. The first-order chi connectivity index (χ1) is 5.90. The van der Waals surface area contributed by atoms with Crippen molar-refractivity contribution >= 4 is 6.98 Å². The highest BCUT2D eigenvalue weighted by Gasteiger charge is 2.25. The van der Waals surface area contributed by atoms with Crippen molar-refractivity contribution in [1.29, 1.82) is 0 Å². The maximum atomic E-state index is 12.9. The third kappa shape index (κ3) is 2.75. The van der Waals surface area contributed by atoms with Gasteiger partial charge in [-0.3, -0.25) is 0 Å². The van der Waals surface area contributed by atoms with E-state index in [4.69, 9.17) is 0 Å². The zero-order valence-electron chi connectivity index (χ0n) is 7.03. The van der Waals surface area contributed by atoms with Gasteiger partial charge in [-0.15, -0.1) is 0 Å². The molecule has 0 saturated carbocycles. The van der Waals surface area contributed by atoms with Crippen molar-refractivity contribution in [1.82, 2.24) is 0 Å². The molecule has 0 nitrogen and oxygen atoms in total. The Balaban J connectivity index is 3.00. The lowest BCUT2D eigenvalue weighted by Crippen LogP contribution is -2.20. The van der Waals surface area contributed by atoms with E-state index >= 15 is 0 Å². The van der Waals surface area contributed by atoms with E-state index < -0.39 is 19.1 Å². The Morgan fingerprint density at radius 3 is 2.31 bits per heavy atom. The Hall–Kier alpha value is -0.995. The third-order valence-corrected chi connectivity index (χ3v) is 1.79. The zero-order valence-corrected chi connectivity index (χ0v) is 7.03. The van der Waals surface area contributed by atoms with Crippen molar-refractivity contribution in [2.75, 3.05) is 0 Å². The van der Waals surface area contributed by atoms with Crippen LogP contribution in [0.3, 0.4) is 0 Å². The van der Waals surface area contributed by atoms with Crippen molar-refractivity contribution in [3.05, 3.63) is 35.1 Å². The molecule has 1 aromatic carbocycles. The van der Waals surface area contributed by atoms with Crippen LogP contribution in [-0.4, -0.2) is 6.98 Å². The zero-order chi connectivity index (χ0) is 10.1. The number of halogens is 4. The number of rotatable bonds is 2. The molecule has 0 heterocycles. The lowest BCUT2D eigenvalue weighted by Gasteiger charge is -2.15. The molecule has 0 fully saturated rings. The SMILES string of the molecule is Cc1cccc(F)c1C[B-](F)(F)F. The average molecular weight is 191 g/mol. The van der Waals surface area contributed by atoms with E-state index in [1.54, 1.807) is 0 Å². The molecule has 1 aromatic rings. The summed E-state index contributed by atoms with van der Waals surface area (Å²) < 4.78 is 48.9. The molecular weight excluding hydrogens is 183 g/mol. The molecule has 1 rings (SSSR count). The monoisotopic (exact) mass is 191 g/mol. The summed E-state index contributed by atoms with van der Waals surface area (Å²) in [7, 11) is 0. The molecule has 0 radical (unpaired) electrons. The van der Waals surface area contributed by atoms with Crippen LogP contribution < -0.4 is 0 Å². The normalized spacial score (nSPS) is 11.8. The molecule has 13 heavy (non-hydrogen) atoms. The third-order valence-electron chi connectivity index (χ3n) is 1.79. The van der Waals surface area contributed by atoms with Gasteiger partial charge in [-0.2, -0.15) is 0 Å². The Morgan fingerprint density at radius 2 is 1.85 bits per heavy atom. The number of benzene rings is 1. The van der Waals surface area contributed by atoms with E-state index in [1.807, 2.05) is 0 Å². The molecule has 0 aromatic heterocycles. The van der Waals surface area contributed by atoms with Crippen molar-refractivity contribution in [2.24, 2.45) is 0 Å². The first-order valence-electron chi connectivity index (χ1n) is 3.85. The molecule has 0 unspecified atom stereocenters. The maximum Gasteiger partial charge on any atom is 0.482 e. The summed E-state index contributed by atoms with van der Waals surface area (Å²) in [4.78, 5) is 0. The van der Waals surface area contributed by atoms with Gasteiger partial charge >= 0.3 is 6.98 Å². The van der Waals surface area contributed by atoms with E-state index in [-0.39, 0.29) is 5.56 Å². The van der Waals surface area contributed by atoms with Gasteiger partial charge < -0.3 is 12.9 Å². The number of hydrogen-bond acceptors (Lipinski definition) is 0. The van der Waals surface area contributed by atoms with E-state index in [9.17, 15) is 17.3 Å². The molecule has 0 bridgehead atoms. The van der Waals surface area contributed by atoms with Crippen molar-refractivity contribution in [3.63, 3.8) is 0 Å². The summed E-state index contributed by atoms with van der Waals surface area (Å²) in [5, 5.41) is 0. The van der Waals surface area contributed by atoms with Gasteiger partial charge in [0.15, 0.2) is 0 Å². The molecule has 0 aliphatic rings. The molecule has 0 N–H and O–H groups in total. The largest absolute Gasteiger partial charge is 0.482 e. The molecule has 0 spiro atoms. The van der Waals surface area contributed by atoms with Crippen molar-refractivity contribution < 1.29 is 17.3 Å². The summed E-state index contributed by atoms with van der Waals surface area (Å²) in [6.45, 7) is -3.49. The molecule has 0 amide bonds. The second-order valence-corrected chi connectivity index (χ2v) is 2.95. The van der Waals surface area contributed by atoms with Crippen LogP contribution in [0.15, 0.2) is 18.2 Å². The van der Waals surface area contributed by atoms with Crippen LogP contribution in [0.25, 0.3) is 0 Å². The first kappa shape index (κ1) is 10.1. The lowest BCUT2D eigenvalue weighted by atomic mass is 9.80. The standard InChI is InChI=1S/C8H8BF4/c1-6-3-2-4-8(10)7(6)5-9(11,12)13/h2-4H,5H2,1H3/q-1. The van der Waals surface area contributed by atoms with Gasteiger partial charge in [0.2, 0.25) is 0 Å². The molecule has 0 aliphatic heterocycles. The van der Waals surface area contributed by atoms with Crippen LogP contribution in [0.4, 0.5) is 17.3 Å². The molecular formula is C8H8BF4-. The van der Waals surface area contributed by atoms with Crippen LogP contribution >= 0.6 is 0 Å². The predicted molar refractivity (Wildman–Crippen MR) is 43.9 cm³/mol. The summed E-state index contributed by atoms with van der Waals surface area (Å²) in [5.41, 5.74) is 0.106. The van der Waals surface area contributed by atoms with Crippen LogP contribution in [0.2, 0.25) is 0 Å². The van der Waals surface area contributed by atoms with Crippen LogP contribution in [-0.2, 0) is 6.32 Å². The minimum Gasteiger partial charge on any atom is -0.449 e. The summed E-state index contributed by atoms with van der Waals surface area (Å²) in [6, 6.07) is 3.92. The Labute approximate surface area is 73.6 Å². The fourth-order valence-electron chi connectivity index (χ4n) is 1.16. The van der Waals surface area contributed by atoms with Gasteiger partial charge in [-0.25, -0.2) is 4.39 Å². The van der Waals surface area contributed by atoms with Crippen molar-refractivity contribution in [2.45, 2.75) is 13.2 Å². The molecule has 5 heteroatoms. The van der Waals surface area contributed by atoms with Gasteiger partial charge in [-0.05, 0) is 24.1 Å². The van der Waals surface area contributed by atoms with Gasteiger partial charge in [0.1, 0.15) is 5.82 Å². The summed E-state index contributed by atoms with van der Waals surface area (Å²) >= 11 is 0. The van der Waals surface area contributed by atoms with E-state index in [0.717, 1.165) is 6.07 Å². The van der Waals surface area contributed by atoms with Gasteiger partial charge in [0.25, 0.3) is 0 Å². The van der Waals surface area contributed by atoms with Gasteiger partial charge in [-0.1, -0.05) is 18.5 Å². The Kier molecular flexibility index (Phi) is 2.64. The molecule has 72 valence electrons. The summed E-state index contributed by atoms with van der Waals surface area (Å²) in [5.74, 6) is -0.779. The Bertz CT molecular complexity index is 285. The average Bonchev–Trinajstić information content (AvgIpc) is 1.95. The van der Waals surface area contributed by atoms with Crippen LogP contribution in [0.5, 0.6) is 0 Å². The smallest absolute Gasteiger partial charge is 0.449 e. The second-order valence-electron chi connectivity index (χ2n) is 2.95. The van der Waals surface area contributed by atoms with Crippen LogP contribution in [0.1, 0.15) is 11.1 Å². The number of aryl methyl sites for hydroxylation is 1. The lowest BCUT2D eigenvalue weighted by molar-refractivity contribution is 0.464. The highest BCUT2D eigenvalue weighted by molar-refractivity contribution is 6.57. The maximum absolute atomic E-state index is 12.9. The first-order valence-corrected chi connectivity index (χ1v) is 3.85. The summed E-state index contributed by atoms with van der Waals surface area (Å²) in [6.07, 6.45) is -1.14. The van der Waals surface area contributed by atoms with E-state index in [1.165, 1.54) is 19.1 Å². The highest BCUT2D eigenvalue weighted by atomic mass is 19.4.